The molecule has 11 heteroatoms. The van der Waals surface area contributed by atoms with E-state index in [9.17, 15) is 18.3 Å². The second-order valence-electron chi connectivity index (χ2n) is 11.1. The summed E-state index contributed by atoms with van der Waals surface area (Å²) in [7, 11) is -4.10. The molecule has 7 nitrogen and oxygen atoms in total. The molecule has 0 radical (unpaired) electrons. The lowest BCUT2D eigenvalue weighted by molar-refractivity contribution is -0.157. The summed E-state index contributed by atoms with van der Waals surface area (Å²) in [5, 5.41) is 15.4. The Morgan fingerprint density at radius 3 is 2.21 bits per heavy atom. The summed E-state index contributed by atoms with van der Waals surface area (Å²) < 4.78 is 29.4. The Hall–Kier alpha value is -0.610. The molecule has 1 amide bonds. The van der Waals surface area contributed by atoms with Crippen molar-refractivity contribution in [3.63, 3.8) is 0 Å². The number of benzene rings is 1. The van der Waals surface area contributed by atoms with Crippen molar-refractivity contribution in [1.82, 2.24) is 10.0 Å². The molecular weight excluding hydrogens is 521 g/mol. The molecule has 4 bridgehead atoms. The van der Waals surface area contributed by atoms with E-state index in [0.717, 1.165) is 38.5 Å². The van der Waals surface area contributed by atoms with E-state index in [0.29, 0.717) is 18.8 Å². The molecule has 0 aromatic heterocycles. The van der Waals surface area contributed by atoms with Crippen LogP contribution in [0, 0.1) is 23.2 Å². The third-order valence-corrected chi connectivity index (χ3v) is 11.7. The van der Waals surface area contributed by atoms with Crippen molar-refractivity contribution in [1.29, 1.82) is 0 Å². The molecule has 5 fully saturated rings. The highest BCUT2D eigenvalue weighted by molar-refractivity contribution is 7.89. The van der Waals surface area contributed by atoms with E-state index >= 15 is 0 Å². The lowest BCUT2D eigenvalue weighted by atomic mass is 9.47. The predicted octanol–water partition coefficient (Wildman–Crippen LogP) is 3.83. The van der Waals surface area contributed by atoms with Gasteiger partial charge in [-0.3, -0.25) is 10.1 Å². The molecule has 5 aliphatic carbocycles. The summed E-state index contributed by atoms with van der Waals surface area (Å²) in [5.74, 6) is 0.728. The van der Waals surface area contributed by atoms with Crippen molar-refractivity contribution in [3.05, 3.63) is 27.2 Å². The minimum Gasteiger partial charge on any atom is -0.374 e. The fourth-order valence-corrected chi connectivity index (χ4v) is 9.80. The highest BCUT2D eigenvalue weighted by Crippen LogP contribution is 2.60. The first-order valence-corrected chi connectivity index (χ1v) is 14.4. The third kappa shape index (κ3) is 3.88. The molecule has 5 aliphatic rings. The molecule has 188 valence electrons. The number of carbonyl (C=O) groups is 1. The second-order valence-corrected chi connectivity index (χ2v) is 14.0. The highest BCUT2D eigenvalue weighted by Gasteiger charge is 2.61. The van der Waals surface area contributed by atoms with Crippen LogP contribution in [0.3, 0.4) is 0 Å². The van der Waals surface area contributed by atoms with E-state index in [-0.39, 0.29) is 43.7 Å². The van der Waals surface area contributed by atoms with Crippen LogP contribution in [0.4, 0.5) is 0 Å². The molecule has 6 rings (SSSR count). The highest BCUT2D eigenvalue weighted by atomic mass is 35.5. The zero-order valence-electron chi connectivity index (χ0n) is 18.9. The quantitative estimate of drug-likeness (QED) is 0.304. The number of rotatable bonds is 7. The molecule has 0 heterocycles. The molecule has 0 aliphatic heterocycles. The Kier molecular flexibility index (Phi) is 6.04. The lowest BCUT2D eigenvalue weighted by Crippen LogP contribution is -2.75. The summed E-state index contributed by atoms with van der Waals surface area (Å²) in [5.41, 5.74) is 2.76. The van der Waals surface area contributed by atoms with Crippen LogP contribution in [0.5, 0.6) is 0 Å². The average Bonchev–Trinajstić information content (AvgIpc) is 2.69. The van der Waals surface area contributed by atoms with Crippen molar-refractivity contribution < 1.29 is 18.3 Å². The molecule has 5 saturated carbocycles. The molecule has 0 spiro atoms. The van der Waals surface area contributed by atoms with Crippen molar-refractivity contribution in [2.24, 2.45) is 28.9 Å². The number of aliphatic hydroxyl groups is 1. The molecule has 34 heavy (non-hydrogen) atoms. The summed E-state index contributed by atoms with van der Waals surface area (Å²) in [6.45, 7) is 1.64. The monoisotopic (exact) mass is 549 g/mol. The van der Waals surface area contributed by atoms with Crippen molar-refractivity contribution in [2.45, 2.75) is 80.5 Å². The van der Waals surface area contributed by atoms with Gasteiger partial charge >= 0.3 is 0 Å². The maximum absolute atomic E-state index is 13.3. The van der Waals surface area contributed by atoms with Gasteiger partial charge in [0.25, 0.3) is 0 Å². The summed E-state index contributed by atoms with van der Waals surface area (Å²) in [6.07, 6.45) is 6.03. The minimum absolute atomic E-state index is 0.00503. The SMILES string of the molecule is CC(O)(NC1C2CC3CC1CC(C(N)=O)(C3)C2)C1(NS(=O)(=O)c2cc(Cl)c(Cl)cc2Cl)CCC1. The summed E-state index contributed by atoms with van der Waals surface area (Å²) in [6, 6.07) is 2.52. The number of hydrogen-bond donors (Lipinski definition) is 4. The van der Waals surface area contributed by atoms with Crippen molar-refractivity contribution >= 4 is 50.7 Å². The van der Waals surface area contributed by atoms with Gasteiger partial charge in [0.15, 0.2) is 0 Å². The van der Waals surface area contributed by atoms with Crippen LogP contribution < -0.4 is 15.8 Å². The number of primary amides is 1. The zero-order chi connectivity index (χ0) is 24.7. The Labute approximate surface area is 215 Å². The van der Waals surface area contributed by atoms with E-state index < -0.39 is 26.7 Å². The first kappa shape index (κ1) is 25.1. The Balaban J connectivity index is 1.39. The zero-order valence-corrected chi connectivity index (χ0v) is 22.0. The van der Waals surface area contributed by atoms with Gasteiger partial charge in [-0.2, -0.15) is 0 Å². The largest absolute Gasteiger partial charge is 0.374 e. The number of amides is 1. The lowest BCUT2D eigenvalue weighted by Gasteiger charge is -2.61. The van der Waals surface area contributed by atoms with Crippen LogP contribution in [-0.4, -0.2) is 36.7 Å². The normalized spacial score (nSPS) is 35.6. The van der Waals surface area contributed by atoms with Crippen molar-refractivity contribution in [2.75, 3.05) is 0 Å². The third-order valence-electron chi connectivity index (χ3n) is 8.98. The molecular formula is C23H30Cl3N3O4S. The van der Waals surface area contributed by atoms with E-state index in [2.05, 4.69) is 10.0 Å². The second kappa shape index (κ2) is 8.20. The van der Waals surface area contributed by atoms with E-state index in [1.807, 2.05) is 0 Å². The summed E-state index contributed by atoms with van der Waals surface area (Å²) >= 11 is 18.2. The van der Waals surface area contributed by atoms with Gasteiger partial charge in [0.1, 0.15) is 10.6 Å². The minimum atomic E-state index is -4.10. The average molecular weight is 551 g/mol. The number of carbonyl (C=O) groups excluding carboxylic acids is 1. The fraction of sp³-hybridized carbons (Fsp3) is 0.696. The standard InChI is InChI=1S/C23H30Cl3N3O4S/c1-21(31,28-19-13-5-12-6-14(19)11-22(9-12,10-13)20(27)30)23(3-2-4-23)29-34(32,33)18-8-16(25)15(24)7-17(18)26/h7-8,12-14,19,28-29,31H,2-6,9-11H2,1H3,(H2,27,30). The molecule has 0 saturated heterocycles. The van der Waals surface area contributed by atoms with Crippen molar-refractivity contribution in [3.8, 4) is 0 Å². The number of sulfonamides is 1. The predicted molar refractivity (Wildman–Crippen MR) is 131 cm³/mol. The van der Waals surface area contributed by atoms with Crippen LogP contribution in [0.15, 0.2) is 17.0 Å². The van der Waals surface area contributed by atoms with Gasteiger partial charge in [-0.15, -0.1) is 0 Å². The number of hydrogen-bond acceptors (Lipinski definition) is 5. The number of nitrogens with two attached hydrogens (primary N) is 1. The van der Waals surface area contributed by atoms with Gasteiger partial charge in [0, 0.05) is 11.5 Å². The van der Waals surface area contributed by atoms with Gasteiger partial charge in [-0.25, -0.2) is 13.1 Å². The maximum Gasteiger partial charge on any atom is 0.242 e. The van der Waals surface area contributed by atoms with Gasteiger partial charge < -0.3 is 10.8 Å². The van der Waals surface area contributed by atoms with Gasteiger partial charge in [0.05, 0.1) is 20.6 Å². The summed E-state index contributed by atoms with van der Waals surface area (Å²) in [4.78, 5) is 12.1. The Bertz CT molecular complexity index is 1120. The van der Waals surface area contributed by atoms with Crippen LogP contribution in [0.2, 0.25) is 15.1 Å². The Morgan fingerprint density at radius 2 is 1.68 bits per heavy atom. The molecule has 3 unspecified atom stereocenters. The van der Waals surface area contributed by atoms with Gasteiger partial charge in [-0.05, 0) is 88.2 Å². The number of nitrogens with one attached hydrogen (secondary N) is 2. The van der Waals surface area contributed by atoms with E-state index in [1.54, 1.807) is 6.92 Å². The van der Waals surface area contributed by atoms with Crippen LogP contribution in [0.25, 0.3) is 0 Å². The maximum atomic E-state index is 13.3. The topological polar surface area (TPSA) is 122 Å². The van der Waals surface area contributed by atoms with Gasteiger partial charge in [0.2, 0.25) is 15.9 Å². The Morgan fingerprint density at radius 1 is 1.09 bits per heavy atom. The molecule has 1 aromatic carbocycles. The van der Waals surface area contributed by atoms with Crippen LogP contribution in [-0.2, 0) is 14.8 Å². The smallest absolute Gasteiger partial charge is 0.242 e. The molecule has 1 aromatic rings. The first-order chi connectivity index (χ1) is 15.8. The van der Waals surface area contributed by atoms with E-state index in [1.165, 1.54) is 12.1 Å². The number of halogens is 3. The van der Waals surface area contributed by atoms with Crippen LogP contribution in [0.1, 0.15) is 58.3 Å². The first-order valence-electron chi connectivity index (χ1n) is 11.8. The molecule has 5 N–H and O–H groups in total. The molecule has 3 atom stereocenters. The van der Waals surface area contributed by atoms with Crippen LogP contribution >= 0.6 is 34.8 Å². The van der Waals surface area contributed by atoms with E-state index in [4.69, 9.17) is 40.5 Å². The van der Waals surface area contributed by atoms with Gasteiger partial charge in [-0.1, -0.05) is 34.8 Å². The fourth-order valence-electron chi connectivity index (χ4n) is 7.27.